The Kier molecular flexibility index (Phi) is 7.36. The Morgan fingerprint density at radius 1 is 1.13 bits per heavy atom. The van der Waals surface area contributed by atoms with Crippen LogP contribution in [0.1, 0.15) is 46.5 Å². The number of fused-ring (bicyclic) bond motifs is 5. The van der Waals surface area contributed by atoms with E-state index in [1.165, 1.54) is 20.8 Å². The Balaban J connectivity index is 1.63. The first-order valence-electron chi connectivity index (χ1n) is 13.0. The molecule has 4 aliphatic rings. The number of nitriles is 1. The number of nitrogens with zero attached hydrogens (tertiary/aromatic N) is 2. The van der Waals surface area contributed by atoms with E-state index in [1.807, 2.05) is 6.07 Å². The molecule has 4 rings (SSSR count). The van der Waals surface area contributed by atoms with Crippen LogP contribution in [0.2, 0.25) is 0 Å². The number of halogens is 5. The van der Waals surface area contributed by atoms with Crippen molar-refractivity contribution in [1.29, 1.82) is 5.26 Å². The smallest absolute Gasteiger partial charge is 0.356 e. The number of likely N-dealkylation sites (tertiary alicyclic amines) is 1. The largest absolute Gasteiger partial charge is 0.471 e. The summed E-state index contributed by atoms with van der Waals surface area (Å²) < 4.78 is 69.3. The zero-order valence-corrected chi connectivity index (χ0v) is 21.8. The molecule has 216 valence electrons. The molecule has 0 aromatic rings. The SMILES string of the molecule is CC(C)(C)[C@H](NC(=O)C(F)(F)F)C(=O)N1CC2C(C1C(=O)N[C@H](C#N)C[C@@H]1CCNC1=O)C1CCC2C1(F)F. The molecular weight excluding hydrogens is 529 g/mol. The van der Waals surface area contributed by atoms with Crippen molar-refractivity contribution in [2.24, 2.45) is 35.0 Å². The molecule has 2 aliphatic carbocycles. The number of carbonyl (C=O) groups is 4. The molecule has 14 heteroatoms. The van der Waals surface area contributed by atoms with E-state index in [0.29, 0.717) is 13.0 Å². The Hall–Kier alpha value is -2.98. The van der Waals surface area contributed by atoms with Crippen molar-refractivity contribution in [2.75, 3.05) is 13.1 Å². The summed E-state index contributed by atoms with van der Waals surface area (Å²) in [6, 6.07) is -2.42. The first-order chi connectivity index (χ1) is 18.0. The van der Waals surface area contributed by atoms with Crippen LogP contribution in [0.4, 0.5) is 22.0 Å². The van der Waals surface area contributed by atoms with Crippen LogP contribution in [0.3, 0.4) is 0 Å². The lowest BCUT2D eigenvalue weighted by atomic mass is 9.78. The van der Waals surface area contributed by atoms with Crippen LogP contribution in [0, 0.1) is 46.3 Å². The number of carbonyl (C=O) groups excluding carboxylic acids is 4. The molecule has 0 aromatic heterocycles. The average Bonchev–Trinajstić information content (AvgIpc) is 3.54. The van der Waals surface area contributed by atoms with Crippen LogP contribution in [-0.4, -0.2) is 71.8 Å². The van der Waals surface area contributed by atoms with E-state index in [-0.39, 0.29) is 31.7 Å². The van der Waals surface area contributed by atoms with E-state index in [0.717, 1.165) is 4.90 Å². The van der Waals surface area contributed by atoms with E-state index in [4.69, 9.17) is 0 Å². The normalized spacial score (nSPS) is 32.7. The van der Waals surface area contributed by atoms with Gasteiger partial charge < -0.3 is 20.9 Å². The van der Waals surface area contributed by atoms with Gasteiger partial charge in [0.05, 0.1) is 6.07 Å². The Bertz CT molecular complexity index is 1080. The van der Waals surface area contributed by atoms with Crippen LogP contribution in [0.25, 0.3) is 0 Å². The van der Waals surface area contributed by atoms with E-state index < -0.39 is 83.0 Å². The third-order valence-electron chi connectivity index (χ3n) is 8.71. The van der Waals surface area contributed by atoms with Crippen molar-refractivity contribution in [1.82, 2.24) is 20.9 Å². The van der Waals surface area contributed by atoms with Crippen molar-refractivity contribution in [3.63, 3.8) is 0 Å². The number of alkyl halides is 5. The van der Waals surface area contributed by atoms with Gasteiger partial charge in [-0.25, -0.2) is 8.78 Å². The molecule has 2 bridgehead atoms. The zero-order chi connectivity index (χ0) is 29.1. The Morgan fingerprint density at radius 2 is 1.77 bits per heavy atom. The average molecular weight is 562 g/mol. The maximum Gasteiger partial charge on any atom is 0.471 e. The van der Waals surface area contributed by atoms with Gasteiger partial charge in [-0.2, -0.15) is 18.4 Å². The predicted molar refractivity (Wildman–Crippen MR) is 124 cm³/mol. The van der Waals surface area contributed by atoms with Crippen molar-refractivity contribution in [3.05, 3.63) is 0 Å². The van der Waals surface area contributed by atoms with Crippen LogP contribution in [0.5, 0.6) is 0 Å². The molecule has 4 fully saturated rings. The minimum atomic E-state index is -5.27. The fraction of sp³-hybridized carbons (Fsp3) is 0.800. The van der Waals surface area contributed by atoms with Crippen LogP contribution in [-0.2, 0) is 19.2 Å². The Labute approximate surface area is 222 Å². The van der Waals surface area contributed by atoms with Gasteiger partial charge in [-0.3, -0.25) is 19.2 Å². The fourth-order valence-corrected chi connectivity index (χ4v) is 6.91. The minimum absolute atomic E-state index is 0.0166. The topological polar surface area (TPSA) is 131 Å². The van der Waals surface area contributed by atoms with Gasteiger partial charge in [0.25, 0.3) is 5.92 Å². The second kappa shape index (κ2) is 9.89. The van der Waals surface area contributed by atoms with Crippen LogP contribution < -0.4 is 16.0 Å². The number of hydrogen-bond acceptors (Lipinski definition) is 5. The Morgan fingerprint density at radius 3 is 2.31 bits per heavy atom. The molecular formula is C25H32F5N5O4. The molecule has 0 radical (unpaired) electrons. The van der Waals surface area contributed by atoms with E-state index in [2.05, 4.69) is 10.6 Å². The highest BCUT2D eigenvalue weighted by Gasteiger charge is 2.71. The summed E-state index contributed by atoms with van der Waals surface area (Å²) in [5, 5.41) is 16.5. The highest BCUT2D eigenvalue weighted by molar-refractivity contribution is 5.94. The fourth-order valence-electron chi connectivity index (χ4n) is 6.91. The number of amides is 4. The molecule has 3 N–H and O–H groups in total. The summed E-state index contributed by atoms with van der Waals surface area (Å²) in [5.74, 6) is -12.1. The highest BCUT2D eigenvalue weighted by atomic mass is 19.4. The highest BCUT2D eigenvalue weighted by Crippen LogP contribution is 2.64. The van der Waals surface area contributed by atoms with Crippen LogP contribution in [0.15, 0.2) is 0 Å². The molecule has 9 nitrogen and oxygen atoms in total. The standard InChI is InChI=1S/C25H32F5N5O4/c1-23(2,3)18(34-22(39)25(28,29)30)21(38)35-10-13-14-4-5-15(24(14,26)27)16(13)17(35)20(37)33-12(9-31)8-11-6-7-32-19(11)36/h11-18H,4-8,10H2,1-3H3,(H,32,36)(H,33,37)(H,34,39)/t11-,12-,13?,14?,15?,16?,17?,18+/m0/s1. The molecule has 0 spiro atoms. The van der Waals surface area contributed by atoms with Crippen molar-refractivity contribution < 1.29 is 41.1 Å². The van der Waals surface area contributed by atoms with Crippen molar-refractivity contribution in [3.8, 4) is 6.07 Å². The quantitative estimate of drug-likeness (QED) is 0.425. The second-order valence-electron chi connectivity index (χ2n) is 12.1. The van der Waals surface area contributed by atoms with Crippen LogP contribution >= 0.6 is 0 Å². The molecule has 8 atom stereocenters. The van der Waals surface area contributed by atoms with Gasteiger partial charge in [0.2, 0.25) is 17.7 Å². The van der Waals surface area contributed by atoms with Gasteiger partial charge in [-0.1, -0.05) is 20.8 Å². The summed E-state index contributed by atoms with van der Waals surface area (Å²) in [6.07, 6.45) is -4.51. The molecule has 2 saturated carbocycles. The lowest BCUT2D eigenvalue weighted by molar-refractivity contribution is -0.176. The summed E-state index contributed by atoms with van der Waals surface area (Å²) in [5.41, 5.74) is -1.22. The molecule has 5 unspecified atom stereocenters. The monoisotopic (exact) mass is 561 g/mol. The molecule has 0 aromatic carbocycles. The van der Waals surface area contributed by atoms with Gasteiger partial charge in [-0.05, 0) is 37.0 Å². The van der Waals surface area contributed by atoms with E-state index in [9.17, 15) is 37.6 Å². The number of rotatable bonds is 6. The minimum Gasteiger partial charge on any atom is -0.356 e. The molecule has 2 saturated heterocycles. The summed E-state index contributed by atoms with van der Waals surface area (Å²) in [6.45, 7) is 4.45. The second-order valence-corrected chi connectivity index (χ2v) is 12.1. The molecule has 39 heavy (non-hydrogen) atoms. The third-order valence-corrected chi connectivity index (χ3v) is 8.71. The van der Waals surface area contributed by atoms with Gasteiger partial charge in [0, 0.05) is 36.8 Å². The maximum absolute atomic E-state index is 15.1. The third kappa shape index (κ3) is 5.16. The lowest BCUT2D eigenvalue weighted by Gasteiger charge is -2.37. The van der Waals surface area contributed by atoms with Crippen molar-refractivity contribution in [2.45, 2.75) is 76.7 Å². The number of nitrogens with one attached hydrogen (secondary N) is 3. The number of hydrogen-bond donors (Lipinski definition) is 3. The summed E-state index contributed by atoms with van der Waals surface area (Å²) in [4.78, 5) is 52.1. The van der Waals surface area contributed by atoms with E-state index >= 15 is 8.78 Å². The first kappa shape index (κ1) is 29.0. The zero-order valence-electron chi connectivity index (χ0n) is 21.8. The molecule has 2 aliphatic heterocycles. The van der Waals surface area contributed by atoms with Gasteiger partial charge in [0.1, 0.15) is 18.1 Å². The first-order valence-corrected chi connectivity index (χ1v) is 13.0. The summed E-state index contributed by atoms with van der Waals surface area (Å²) in [7, 11) is 0. The molecule has 2 heterocycles. The maximum atomic E-state index is 15.1. The molecule has 4 amide bonds. The van der Waals surface area contributed by atoms with E-state index in [1.54, 1.807) is 5.32 Å². The summed E-state index contributed by atoms with van der Waals surface area (Å²) >= 11 is 0. The van der Waals surface area contributed by atoms with Gasteiger partial charge >= 0.3 is 12.1 Å². The van der Waals surface area contributed by atoms with Gasteiger partial charge in [-0.15, -0.1) is 0 Å². The predicted octanol–water partition coefficient (Wildman–Crippen LogP) is 1.73. The van der Waals surface area contributed by atoms with Gasteiger partial charge in [0.15, 0.2) is 0 Å². The van der Waals surface area contributed by atoms with Crippen molar-refractivity contribution >= 4 is 23.6 Å². The lowest BCUT2D eigenvalue weighted by Crippen LogP contribution is -2.61.